The minimum absolute atomic E-state index is 0.995. The molecule has 0 aliphatic heterocycles. The summed E-state index contributed by atoms with van der Waals surface area (Å²) < 4.78 is 0. The molecule has 2 heteroatoms. The van der Waals surface area contributed by atoms with Crippen molar-refractivity contribution in [3.8, 4) is 0 Å². The van der Waals surface area contributed by atoms with Crippen molar-refractivity contribution in [3.05, 3.63) is 11.9 Å². The van der Waals surface area contributed by atoms with Gasteiger partial charge in [0.1, 0.15) is 0 Å². The largest absolute Gasteiger partial charge is 0.393 e. The average Bonchev–Trinajstić information content (AvgIpc) is 1.85. The fourth-order valence-corrected chi connectivity index (χ4v) is 0.481. The molecule has 0 rings (SSSR count). The molecule has 0 atom stereocenters. The third-order valence-electron chi connectivity index (χ3n) is 0.831. The Morgan fingerprint density at radius 1 is 1.67 bits per heavy atom. The molecule has 0 saturated heterocycles. The van der Waals surface area contributed by atoms with Crippen LogP contribution in [0.3, 0.4) is 0 Å². The normalized spacial score (nSPS) is 12.6. The lowest BCUT2D eigenvalue weighted by molar-refractivity contribution is 1.06. The molecular formula is C7H14N2. The predicted molar refractivity (Wildman–Crippen MR) is 41.6 cm³/mol. The number of hydrogen-bond acceptors (Lipinski definition) is 2. The van der Waals surface area contributed by atoms with E-state index in [1.807, 2.05) is 26.4 Å². The first-order chi connectivity index (χ1) is 4.31. The summed E-state index contributed by atoms with van der Waals surface area (Å²) >= 11 is 0. The summed E-state index contributed by atoms with van der Waals surface area (Å²) in [4.78, 5) is 4.11. The molecule has 0 aliphatic rings. The third-order valence-corrected chi connectivity index (χ3v) is 0.831. The SMILES string of the molecule is CC/C=N\C(C)=C/NC. The summed E-state index contributed by atoms with van der Waals surface area (Å²) in [5, 5.41) is 2.90. The van der Waals surface area contributed by atoms with Crippen LogP contribution in [-0.4, -0.2) is 13.3 Å². The van der Waals surface area contributed by atoms with Crippen molar-refractivity contribution in [1.82, 2.24) is 5.32 Å². The lowest BCUT2D eigenvalue weighted by Gasteiger charge is -1.89. The zero-order chi connectivity index (χ0) is 7.11. The molecule has 0 spiro atoms. The van der Waals surface area contributed by atoms with E-state index in [1.165, 1.54) is 0 Å². The second kappa shape index (κ2) is 5.35. The second-order valence-corrected chi connectivity index (χ2v) is 1.79. The lowest BCUT2D eigenvalue weighted by atomic mass is 10.5. The summed E-state index contributed by atoms with van der Waals surface area (Å²) in [5.41, 5.74) is 1.01. The van der Waals surface area contributed by atoms with Crippen LogP contribution >= 0.6 is 0 Å². The van der Waals surface area contributed by atoms with Gasteiger partial charge < -0.3 is 5.32 Å². The fraction of sp³-hybridized carbons (Fsp3) is 0.571. The number of hydrogen-bond donors (Lipinski definition) is 1. The number of nitrogens with one attached hydrogen (secondary N) is 1. The molecule has 0 aromatic carbocycles. The predicted octanol–water partition coefficient (Wildman–Crippen LogP) is 1.55. The van der Waals surface area contributed by atoms with Gasteiger partial charge in [-0.15, -0.1) is 0 Å². The van der Waals surface area contributed by atoms with Gasteiger partial charge in [0.2, 0.25) is 0 Å². The van der Waals surface area contributed by atoms with Crippen molar-refractivity contribution in [2.24, 2.45) is 4.99 Å². The average molecular weight is 126 g/mol. The molecule has 1 N–H and O–H groups in total. The minimum Gasteiger partial charge on any atom is -0.393 e. The maximum absolute atomic E-state index is 4.11. The molecule has 0 fully saturated rings. The molecule has 0 bridgehead atoms. The van der Waals surface area contributed by atoms with Gasteiger partial charge in [0.05, 0.1) is 5.70 Å². The van der Waals surface area contributed by atoms with Crippen molar-refractivity contribution in [3.63, 3.8) is 0 Å². The van der Waals surface area contributed by atoms with E-state index in [0.717, 1.165) is 12.1 Å². The Hall–Kier alpha value is -0.790. The minimum atomic E-state index is 0.995. The van der Waals surface area contributed by atoms with Gasteiger partial charge in [0.15, 0.2) is 0 Å². The van der Waals surface area contributed by atoms with E-state index in [2.05, 4.69) is 17.2 Å². The van der Waals surface area contributed by atoms with Crippen LogP contribution in [0.25, 0.3) is 0 Å². The number of nitrogens with zero attached hydrogens (tertiary/aromatic N) is 1. The Balaban J connectivity index is 3.60. The monoisotopic (exact) mass is 126 g/mol. The molecule has 2 nitrogen and oxygen atoms in total. The highest BCUT2D eigenvalue weighted by molar-refractivity contribution is 5.58. The van der Waals surface area contributed by atoms with E-state index < -0.39 is 0 Å². The zero-order valence-corrected chi connectivity index (χ0v) is 6.31. The number of aliphatic imine (C=N–C) groups is 1. The van der Waals surface area contributed by atoms with E-state index in [0.29, 0.717) is 0 Å². The molecule has 0 radical (unpaired) electrons. The molecular weight excluding hydrogens is 112 g/mol. The van der Waals surface area contributed by atoms with E-state index >= 15 is 0 Å². The summed E-state index contributed by atoms with van der Waals surface area (Å²) in [6, 6.07) is 0. The first-order valence-electron chi connectivity index (χ1n) is 3.17. The van der Waals surface area contributed by atoms with Crippen molar-refractivity contribution >= 4 is 6.21 Å². The van der Waals surface area contributed by atoms with Crippen LogP contribution in [0.5, 0.6) is 0 Å². The topological polar surface area (TPSA) is 24.4 Å². The number of allylic oxidation sites excluding steroid dienone is 1. The maximum Gasteiger partial charge on any atom is 0.0524 e. The molecule has 0 amide bonds. The Morgan fingerprint density at radius 3 is 2.78 bits per heavy atom. The Kier molecular flexibility index (Phi) is 4.88. The smallest absolute Gasteiger partial charge is 0.0524 e. The Morgan fingerprint density at radius 2 is 2.33 bits per heavy atom. The van der Waals surface area contributed by atoms with Gasteiger partial charge in [0, 0.05) is 19.5 Å². The summed E-state index contributed by atoms with van der Waals surface area (Å²) in [6.45, 7) is 4.03. The Bertz CT molecular complexity index is 114. The first kappa shape index (κ1) is 8.21. The van der Waals surface area contributed by atoms with Crippen LogP contribution in [0.4, 0.5) is 0 Å². The van der Waals surface area contributed by atoms with Crippen LogP contribution < -0.4 is 5.32 Å². The van der Waals surface area contributed by atoms with Crippen molar-refractivity contribution in [2.45, 2.75) is 20.3 Å². The lowest BCUT2D eigenvalue weighted by Crippen LogP contribution is -1.93. The van der Waals surface area contributed by atoms with Crippen LogP contribution in [0.1, 0.15) is 20.3 Å². The fourth-order valence-electron chi connectivity index (χ4n) is 0.481. The maximum atomic E-state index is 4.11. The highest BCUT2D eigenvalue weighted by atomic mass is 14.8. The van der Waals surface area contributed by atoms with Gasteiger partial charge in [-0.05, 0) is 13.3 Å². The van der Waals surface area contributed by atoms with Crippen molar-refractivity contribution < 1.29 is 0 Å². The summed E-state index contributed by atoms with van der Waals surface area (Å²) in [7, 11) is 1.87. The van der Waals surface area contributed by atoms with E-state index in [-0.39, 0.29) is 0 Å². The van der Waals surface area contributed by atoms with Gasteiger partial charge in [-0.2, -0.15) is 0 Å². The van der Waals surface area contributed by atoms with Crippen molar-refractivity contribution in [2.75, 3.05) is 7.05 Å². The molecule has 0 unspecified atom stereocenters. The molecule has 0 heterocycles. The van der Waals surface area contributed by atoms with Crippen LogP contribution in [0, 0.1) is 0 Å². The standard InChI is InChI=1S/C7H14N2/c1-4-5-9-7(2)6-8-3/h5-6,8H,4H2,1-3H3/b7-6-,9-5-. The highest BCUT2D eigenvalue weighted by Crippen LogP contribution is 1.89. The van der Waals surface area contributed by atoms with Crippen LogP contribution in [-0.2, 0) is 0 Å². The van der Waals surface area contributed by atoms with Crippen LogP contribution in [0.15, 0.2) is 16.9 Å². The third kappa shape index (κ3) is 5.07. The Labute approximate surface area is 56.7 Å². The second-order valence-electron chi connectivity index (χ2n) is 1.79. The van der Waals surface area contributed by atoms with E-state index in [9.17, 15) is 0 Å². The molecule has 0 aliphatic carbocycles. The van der Waals surface area contributed by atoms with Gasteiger partial charge >= 0.3 is 0 Å². The number of rotatable bonds is 3. The molecule has 52 valence electrons. The van der Waals surface area contributed by atoms with Crippen molar-refractivity contribution in [1.29, 1.82) is 0 Å². The summed E-state index contributed by atoms with van der Waals surface area (Å²) in [5.74, 6) is 0. The van der Waals surface area contributed by atoms with Gasteiger partial charge in [-0.25, -0.2) is 0 Å². The zero-order valence-electron chi connectivity index (χ0n) is 6.31. The molecule has 0 saturated carbocycles. The highest BCUT2D eigenvalue weighted by Gasteiger charge is 1.76. The van der Waals surface area contributed by atoms with Gasteiger partial charge in [0.25, 0.3) is 0 Å². The molecule has 0 aromatic rings. The first-order valence-corrected chi connectivity index (χ1v) is 3.17. The van der Waals surface area contributed by atoms with E-state index in [1.54, 1.807) is 0 Å². The molecule has 0 aromatic heterocycles. The van der Waals surface area contributed by atoms with Gasteiger partial charge in [-0.1, -0.05) is 6.92 Å². The van der Waals surface area contributed by atoms with E-state index in [4.69, 9.17) is 0 Å². The van der Waals surface area contributed by atoms with Gasteiger partial charge in [-0.3, -0.25) is 4.99 Å². The van der Waals surface area contributed by atoms with Crippen LogP contribution in [0.2, 0.25) is 0 Å². The quantitative estimate of drug-likeness (QED) is 0.570. The summed E-state index contributed by atoms with van der Waals surface area (Å²) in [6.07, 6.45) is 4.75. The molecule has 9 heavy (non-hydrogen) atoms.